The van der Waals surface area contributed by atoms with Crippen molar-refractivity contribution in [1.29, 1.82) is 0 Å². The molecule has 0 atom stereocenters. The number of para-hydroxylation sites is 1. The molecule has 0 aliphatic rings. The van der Waals surface area contributed by atoms with Gasteiger partial charge in [0.05, 0.1) is 10.9 Å². The zero-order chi connectivity index (χ0) is 19.0. The van der Waals surface area contributed by atoms with Gasteiger partial charge in [0, 0.05) is 22.9 Å². The van der Waals surface area contributed by atoms with E-state index in [0.717, 1.165) is 11.9 Å². The lowest BCUT2D eigenvalue weighted by molar-refractivity contribution is 0.617. The molecule has 27 heavy (non-hydrogen) atoms. The number of fused-ring (bicyclic) bond motifs is 3. The third-order valence-corrected chi connectivity index (χ3v) is 5.64. The van der Waals surface area contributed by atoms with Gasteiger partial charge >= 0.3 is 0 Å². The SMILES string of the molecule is CCCn1c(=O)c2ccccc2n2c(SCc3c(F)cccc3Cl)nnc12. The van der Waals surface area contributed by atoms with Crippen LogP contribution in [0.4, 0.5) is 4.39 Å². The Bertz CT molecular complexity index is 1180. The van der Waals surface area contributed by atoms with E-state index in [0.29, 0.717) is 39.2 Å². The molecule has 138 valence electrons. The van der Waals surface area contributed by atoms with Crippen LogP contribution in [0.5, 0.6) is 0 Å². The van der Waals surface area contributed by atoms with Crippen molar-refractivity contribution in [2.75, 3.05) is 0 Å². The van der Waals surface area contributed by atoms with Gasteiger partial charge in [0.1, 0.15) is 5.82 Å². The van der Waals surface area contributed by atoms with Crippen LogP contribution in [0.2, 0.25) is 5.02 Å². The van der Waals surface area contributed by atoms with Crippen LogP contribution in [0.25, 0.3) is 16.7 Å². The van der Waals surface area contributed by atoms with Gasteiger partial charge in [-0.1, -0.05) is 48.5 Å². The molecule has 0 aliphatic heterocycles. The van der Waals surface area contributed by atoms with Crippen LogP contribution in [0.3, 0.4) is 0 Å². The largest absolute Gasteiger partial charge is 0.276 e. The Morgan fingerprint density at radius 2 is 1.96 bits per heavy atom. The van der Waals surface area contributed by atoms with Gasteiger partial charge in [-0.15, -0.1) is 10.2 Å². The lowest BCUT2D eigenvalue weighted by atomic mass is 10.2. The molecular formula is C19H16ClFN4OS. The first kappa shape index (κ1) is 18.0. The summed E-state index contributed by atoms with van der Waals surface area (Å²) in [6.07, 6.45) is 0.800. The third kappa shape index (κ3) is 3.11. The molecule has 2 aromatic carbocycles. The van der Waals surface area contributed by atoms with Gasteiger partial charge in [0.25, 0.3) is 5.56 Å². The number of benzene rings is 2. The van der Waals surface area contributed by atoms with Crippen molar-refractivity contribution >= 4 is 40.0 Å². The van der Waals surface area contributed by atoms with Gasteiger partial charge in [-0.05, 0) is 30.7 Å². The summed E-state index contributed by atoms with van der Waals surface area (Å²) in [7, 11) is 0. The topological polar surface area (TPSA) is 52.2 Å². The Balaban J connectivity index is 1.86. The van der Waals surface area contributed by atoms with Crippen LogP contribution in [0.15, 0.2) is 52.4 Å². The molecule has 0 saturated carbocycles. The Labute approximate surface area is 163 Å². The van der Waals surface area contributed by atoms with Crippen molar-refractivity contribution in [3.8, 4) is 0 Å². The molecule has 2 heterocycles. The van der Waals surface area contributed by atoms with Crippen molar-refractivity contribution in [2.24, 2.45) is 0 Å². The van der Waals surface area contributed by atoms with E-state index < -0.39 is 0 Å². The Morgan fingerprint density at radius 3 is 2.74 bits per heavy atom. The normalized spacial score (nSPS) is 11.5. The van der Waals surface area contributed by atoms with Crippen molar-refractivity contribution < 1.29 is 4.39 Å². The summed E-state index contributed by atoms with van der Waals surface area (Å²) in [5.41, 5.74) is 1.07. The standard InChI is InChI=1S/C19H16ClFN4OS/c1-2-10-24-17(26)12-6-3-4-9-16(12)25-18(24)22-23-19(25)27-11-13-14(20)7-5-8-15(13)21/h3-9H,2,10-11H2,1H3. The molecule has 0 spiro atoms. The van der Waals surface area contributed by atoms with E-state index in [2.05, 4.69) is 10.2 Å². The van der Waals surface area contributed by atoms with E-state index in [1.165, 1.54) is 17.8 Å². The van der Waals surface area contributed by atoms with Gasteiger partial charge < -0.3 is 0 Å². The van der Waals surface area contributed by atoms with Gasteiger partial charge in [-0.25, -0.2) is 4.39 Å². The first-order valence-corrected chi connectivity index (χ1v) is 9.90. The average Bonchev–Trinajstić information content (AvgIpc) is 3.09. The third-order valence-electron chi connectivity index (χ3n) is 4.33. The smallest absolute Gasteiger partial charge is 0.262 e. The fraction of sp³-hybridized carbons (Fsp3) is 0.211. The van der Waals surface area contributed by atoms with Crippen molar-refractivity contribution in [3.05, 3.63) is 69.2 Å². The quantitative estimate of drug-likeness (QED) is 0.460. The number of nitrogens with zero attached hydrogens (tertiary/aromatic N) is 4. The zero-order valence-electron chi connectivity index (χ0n) is 14.5. The molecule has 0 N–H and O–H groups in total. The van der Waals surface area contributed by atoms with Crippen LogP contribution < -0.4 is 5.56 Å². The molecule has 2 aromatic heterocycles. The summed E-state index contributed by atoms with van der Waals surface area (Å²) in [5, 5.41) is 10.1. The fourth-order valence-electron chi connectivity index (χ4n) is 3.06. The predicted octanol–water partition coefficient (Wildman–Crippen LogP) is 4.54. The maximum absolute atomic E-state index is 14.1. The molecule has 4 aromatic rings. The number of aromatic nitrogens is 4. The maximum Gasteiger partial charge on any atom is 0.262 e. The van der Waals surface area contributed by atoms with Crippen LogP contribution in [-0.2, 0) is 12.3 Å². The number of rotatable bonds is 5. The first-order valence-electron chi connectivity index (χ1n) is 8.54. The Kier molecular flexibility index (Phi) is 4.88. The summed E-state index contributed by atoms with van der Waals surface area (Å²) in [6.45, 7) is 2.56. The number of hydrogen-bond acceptors (Lipinski definition) is 4. The number of thioether (sulfide) groups is 1. The van der Waals surface area contributed by atoms with Crippen molar-refractivity contribution in [2.45, 2.75) is 30.8 Å². The van der Waals surface area contributed by atoms with Crippen molar-refractivity contribution in [1.82, 2.24) is 19.2 Å². The highest BCUT2D eigenvalue weighted by Gasteiger charge is 2.17. The summed E-state index contributed by atoms with van der Waals surface area (Å²) in [6, 6.07) is 12.0. The summed E-state index contributed by atoms with van der Waals surface area (Å²) in [4.78, 5) is 12.8. The van der Waals surface area contributed by atoms with E-state index >= 15 is 0 Å². The molecule has 0 unspecified atom stereocenters. The minimum absolute atomic E-state index is 0.0824. The predicted molar refractivity (Wildman–Crippen MR) is 106 cm³/mol. The van der Waals surface area contributed by atoms with E-state index in [1.807, 2.05) is 29.5 Å². The molecular weight excluding hydrogens is 387 g/mol. The van der Waals surface area contributed by atoms with E-state index in [1.54, 1.807) is 22.8 Å². The highest BCUT2D eigenvalue weighted by Crippen LogP contribution is 2.29. The molecule has 8 heteroatoms. The maximum atomic E-state index is 14.1. The second-order valence-electron chi connectivity index (χ2n) is 6.08. The molecule has 0 amide bonds. The second kappa shape index (κ2) is 7.32. The molecule has 0 radical (unpaired) electrons. The molecule has 0 aliphatic carbocycles. The minimum atomic E-state index is -0.350. The zero-order valence-corrected chi connectivity index (χ0v) is 16.1. The van der Waals surface area contributed by atoms with Crippen LogP contribution in [-0.4, -0.2) is 19.2 Å². The monoisotopic (exact) mass is 402 g/mol. The average molecular weight is 403 g/mol. The number of halogens is 2. The lowest BCUT2D eigenvalue weighted by Crippen LogP contribution is -2.23. The molecule has 0 saturated heterocycles. The molecule has 4 rings (SSSR count). The van der Waals surface area contributed by atoms with Gasteiger partial charge in [0.2, 0.25) is 5.78 Å². The number of aryl methyl sites for hydroxylation is 1. The molecule has 5 nitrogen and oxygen atoms in total. The summed E-state index contributed by atoms with van der Waals surface area (Å²) >= 11 is 7.46. The summed E-state index contributed by atoms with van der Waals surface area (Å²) < 4.78 is 17.6. The van der Waals surface area contributed by atoms with Crippen molar-refractivity contribution in [3.63, 3.8) is 0 Å². The van der Waals surface area contributed by atoms with Gasteiger partial charge in [-0.2, -0.15) is 0 Å². The highest BCUT2D eigenvalue weighted by molar-refractivity contribution is 7.98. The Hall–Kier alpha value is -2.38. The molecule has 0 bridgehead atoms. The second-order valence-corrected chi connectivity index (χ2v) is 7.43. The van der Waals surface area contributed by atoms with Gasteiger partial charge in [0.15, 0.2) is 5.16 Å². The fourth-order valence-corrected chi connectivity index (χ4v) is 4.34. The van der Waals surface area contributed by atoms with Crippen LogP contribution in [0, 0.1) is 5.82 Å². The Morgan fingerprint density at radius 1 is 1.15 bits per heavy atom. The number of hydrogen-bond donors (Lipinski definition) is 0. The van der Waals surface area contributed by atoms with E-state index in [9.17, 15) is 9.18 Å². The summed E-state index contributed by atoms with van der Waals surface area (Å²) in [5.74, 6) is 0.451. The lowest BCUT2D eigenvalue weighted by Gasteiger charge is -2.10. The minimum Gasteiger partial charge on any atom is -0.276 e. The first-order chi connectivity index (χ1) is 13.1. The van der Waals surface area contributed by atoms with Gasteiger partial charge in [-0.3, -0.25) is 13.8 Å². The van der Waals surface area contributed by atoms with Crippen LogP contribution >= 0.6 is 23.4 Å². The molecule has 0 fully saturated rings. The highest BCUT2D eigenvalue weighted by atomic mass is 35.5. The van der Waals surface area contributed by atoms with Crippen LogP contribution in [0.1, 0.15) is 18.9 Å². The van der Waals surface area contributed by atoms with E-state index in [4.69, 9.17) is 11.6 Å². The van der Waals surface area contributed by atoms with E-state index in [-0.39, 0.29) is 11.4 Å².